The van der Waals surface area contributed by atoms with Crippen LogP contribution < -0.4 is 15.4 Å². The lowest BCUT2D eigenvalue weighted by Crippen LogP contribution is -2.40. The van der Waals surface area contributed by atoms with Gasteiger partial charge in [0.15, 0.2) is 5.96 Å². The Bertz CT molecular complexity index is 514. The predicted octanol–water partition coefficient (Wildman–Crippen LogP) is 3.86. The zero-order valence-corrected chi connectivity index (χ0v) is 16.8. The molecule has 1 saturated heterocycles. The average molecular weight is 471 g/mol. The average Bonchev–Trinajstić information content (AvgIpc) is 3.03. The first-order chi connectivity index (χ1) is 11.2. The first kappa shape index (κ1) is 21.3. The lowest BCUT2D eigenvalue weighted by atomic mass is 10.2. The fourth-order valence-corrected chi connectivity index (χ4v) is 3.55. The summed E-state index contributed by atoms with van der Waals surface area (Å²) < 4.78 is 28.9. The van der Waals surface area contributed by atoms with E-state index in [9.17, 15) is 8.78 Å². The second-order valence-electron chi connectivity index (χ2n) is 5.24. The van der Waals surface area contributed by atoms with E-state index in [0.29, 0.717) is 11.8 Å². The van der Waals surface area contributed by atoms with Crippen LogP contribution in [0.5, 0.6) is 5.75 Å². The van der Waals surface area contributed by atoms with Gasteiger partial charge in [-0.25, -0.2) is 4.99 Å². The van der Waals surface area contributed by atoms with Crippen LogP contribution >= 0.6 is 35.7 Å². The van der Waals surface area contributed by atoms with Crippen molar-refractivity contribution in [2.75, 3.05) is 18.8 Å². The van der Waals surface area contributed by atoms with Gasteiger partial charge in [0.05, 0.1) is 6.54 Å². The number of alkyl halides is 2. The molecular formula is C16H24F2IN3OS. The summed E-state index contributed by atoms with van der Waals surface area (Å²) in [5.41, 5.74) is 0.829. The molecule has 1 aliphatic rings. The second kappa shape index (κ2) is 11.7. The highest BCUT2D eigenvalue weighted by molar-refractivity contribution is 14.0. The van der Waals surface area contributed by atoms with Crippen LogP contribution in [0.2, 0.25) is 0 Å². The highest BCUT2D eigenvalue weighted by Gasteiger charge is 2.15. The molecule has 1 aromatic rings. The van der Waals surface area contributed by atoms with E-state index >= 15 is 0 Å². The minimum atomic E-state index is -2.81. The van der Waals surface area contributed by atoms with Crippen LogP contribution in [0.15, 0.2) is 29.3 Å². The molecule has 0 amide bonds. The summed E-state index contributed by atoms with van der Waals surface area (Å²) in [4.78, 5) is 4.51. The molecule has 1 unspecified atom stereocenters. The van der Waals surface area contributed by atoms with E-state index in [4.69, 9.17) is 0 Å². The number of nitrogens with one attached hydrogen (secondary N) is 2. The molecule has 1 aromatic carbocycles. The molecule has 0 aromatic heterocycles. The van der Waals surface area contributed by atoms with Gasteiger partial charge in [-0.15, -0.1) is 24.0 Å². The minimum Gasteiger partial charge on any atom is -0.435 e. The van der Waals surface area contributed by atoms with Gasteiger partial charge in [0.25, 0.3) is 0 Å². The van der Waals surface area contributed by atoms with E-state index in [1.54, 1.807) is 12.1 Å². The number of rotatable bonds is 7. The number of hydrogen-bond donors (Lipinski definition) is 2. The van der Waals surface area contributed by atoms with Gasteiger partial charge in [0.1, 0.15) is 5.75 Å². The van der Waals surface area contributed by atoms with Gasteiger partial charge >= 0.3 is 6.61 Å². The number of halogens is 3. The smallest absolute Gasteiger partial charge is 0.387 e. The number of thioether (sulfide) groups is 1. The number of benzene rings is 1. The first-order valence-electron chi connectivity index (χ1n) is 7.85. The summed E-state index contributed by atoms with van der Waals surface area (Å²) in [5, 5.41) is 7.19. The Morgan fingerprint density at radius 3 is 2.92 bits per heavy atom. The van der Waals surface area contributed by atoms with Gasteiger partial charge in [-0.05, 0) is 43.2 Å². The Labute approximate surface area is 163 Å². The summed E-state index contributed by atoms with van der Waals surface area (Å²) in [6, 6.07) is 6.64. The molecule has 8 heteroatoms. The third-order valence-corrected chi connectivity index (χ3v) is 4.81. The molecule has 0 spiro atoms. The molecule has 0 radical (unpaired) electrons. The van der Waals surface area contributed by atoms with Gasteiger partial charge in [-0.1, -0.05) is 12.1 Å². The molecule has 1 aliphatic heterocycles. The highest BCUT2D eigenvalue weighted by Crippen LogP contribution is 2.25. The van der Waals surface area contributed by atoms with Crippen molar-refractivity contribution in [1.29, 1.82) is 0 Å². The summed E-state index contributed by atoms with van der Waals surface area (Å²) in [6.07, 6.45) is 2.52. The molecule has 1 fully saturated rings. The molecule has 0 saturated carbocycles. The molecular weight excluding hydrogens is 447 g/mol. The fraction of sp³-hybridized carbons (Fsp3) is 0.562. The molecule has 24 heavy (non-hydrogen) atoms. The Morgan fingerprint density at radius 1 is 1.42 bits per heavy atom. The molecule has 0 bridgehead atoms. The van der Waals surface area contributed by atoms with Gasteiger partial charge < -0.3 is 15.4 Å². The molecule has 4 nitrogen and oxygen atoms in total. The molecule has 0 aliphatic carbocycles. The normalized spacial score (nSPS) is 17.5. The molecule has 2 rings (SSSR count). The lowest BCUT2D eigenvalue weighted by Gasteiger charge is -2.14. The third-order valence-electron chi connectivity index (χ3n) is 3.41. The van der Waals surface area contributed by atoms with E-state index in [1.807, 2.05) is 24.8 Å². The Hall–Kier alpha value is -0.770. The van der Waals surface area contributed by atoms with Crippen LogP contribution in [0, 0.1) is 0 Å². The Morgan fingerprint density at radius 2 is 2.25 bits per heavy atom. The van der Waals surface area contributed by atoms with Crippen LogP contribution in [0.25, 0.3) is 0 Å². The zero-order valence-electron chi connectivity index (χ0n) is 13.6. The predicted molar refractivity (Wildman–Crippen MR) is 107 cm³/mol. The van der Waals surface area contributed by atoms with Gasteiger partial charge in [-0.3, -0.25) is 0 Å². The topological polar surface area (TPSA) is 45.7 Å². The Kier molecular flexibility index (Phi) is 10.4. The van der Waals surface area contributed by atoms with Crippen LogP contribution in [-0.4, -0.2) is 36.7 Å². The number of guanidine groups is 1. The SMILES string of the molecule is CCNC(=NCc1cccc(OC(F)F)c1)NCC1CCCS1.I. The molecule has 2 N–H and O–H groups in total. The van der Waals surface area contributed by atoms with Crippen molar-refractivity contribution < 1.29 is 13.5 Å². The Balaban J connectivity index is 0.00000288. The van der Waals surface area contributed by atoms with Crippen LogP contribution in [0.3, 0.4) is 0 Å². The van der Waals surface area contributed by atoms with Crippen LogP contribution in [-0.2, 0) is 6.54 Å². The largest absolute Gasteiger partial charge is 0.435 e. The number of ether oxygens (including phenoxy) is 1. The van der Waals surface area contributed by atoms with E-state index in [-0.39, 0.29) is 29.7 Å². The first-order valence-corrected chi connectivity index (χ1v) is 8.89. The van der Waals surface area contributed by atoms with E-state index in [0.717, 1.165) is 24.6 Å². The van der Waals surface area contributed by atoms with Crippen molar-refractivity contribution in [2.45, 2.75) is 38.2 Å². The summed E-state index contributed by atoms with van der Waals surface area (Å²) in [6.45, 7) is 1.28. The summed E-state index contributed by atoms with van der Waals surface area (Å²) >= 11 is 1.99. The third kappa shape index (κ3) is 7.87. The monoisotopic (exact) mass is 471 g/mol. The number of hydrogen-bond acceptors (Lipinski definition) is 3. The van der Waals surface area contributed by atoms with Crippen molar-refractivity contribution in [3.63, 3.8) is 0 Å². The lowest BCUT2D eigenvalue weighted by molar-refractivity contribution is -0.0498. The minimum absolute atomic E-state index is 0. The van der Waals surface area contributed by atoms with Crippen molar-refractivity contribution in [3.05, 3.63) is 29.8 Å². The molecule has 1 heterocycles. The number of aliphatic imine (C=N–C) groups is 1. The van der Waals surface area contributed by atoms with Crippen molar-refractivity contribution >= 4 is 41.7 Å². The van der Waals surface area contributed by atoms with Gasteiger partial charge in [-0.2, -0.15) is 20.5 Å². The standard InChI is InChI=1S/C16H23F2N3OS.HI/c1-2-19-16(21-11-14-7-4-8-23-14)20-10-12-5-3-6-13(9-12)22-15(17)18;/h3,5-6,9,14-15H,2,4,7-8,10-11H2,1H3,(H2,19,20,21);1H. The summed E-state index contributed by atoms with van der Waals surface area (Å²) in [5.74, 6) is 2.14. The van der Waals surface area contributed by atoms with Crippen molar-refractivity contribution in [3.8, 4) is 5.75 Å². The quantitative estimate of drug-likeness (QED) is 0.360. The van der Waals surface area contributed by atoms with Crippen LogP contribution in [0.1, 0.15) is 25.3 Å². The number of nitrogens with zero attached hydrogens (tertiary/aromatic N) is 1. The maximum Gasteiger partial charge on any atom is 0.387 e. The molecule has 1 atom stereocenters. The van der Waals surface area contributed by atoms with E-state index in [2.05, 4.69) is 20.4 Å². The van der Waals surface area contributed by atoms with Gasteiger partial charge in [0.2, 0.25) is 0 Å². The highest BCUT2D eigenvalue weighted by atomic mass is 127. The van der Waals surface area contributed by atoms with Gasteiger partial charge in [0, 0.05) is 18.3 Å². The van der Waals surface area contributed by atoms with E-state index < -0.39 is 6.61 Å². The fourth-order valence-electron chi connectivity index (χ4n) is 2.35. The zero-order chi connectivity index (χ0) is 16.5. The second-order valence-corrected chi connectivity index (χ2v) is 6.65. The van der Waals surface area contributed by atoms with E-state index in [1.165, 1.54) is 24.7 Å². The maximum atomic E-state index is 12.2. The van der Waals surface area contributed by atoms with Crippen molar-refractivity contribution in [2.24, 2.45) is 4.99 Å². The van der Waals surface area contributed by atoms with Crippen LogP contribution in [0.4, 0.5) is 8.78 Å². The molecule has 136 valence electrons. The maximum absolute atomic E-state index is 12.2. The van der Waals surface area contributed by atoms with Crippen molar-refractivity contribution in [1.82, 2.24) is 10.6 Å². The summed E-state index contributed by atoms with van der Waals surface area (Å²) in [7, 11) is 0.